The highest BCUT2D eigenvalue weighted by atomic mass is 32.2. The lowest BCUT2D eigenvalue weighted by Crippen LogP contribution is -2.48. The molecule has 6 heteroatoms. The molecule has 2 atom stereocenters. The number of carboxylic acid groups (broad SMARTS) is 1. The van der Waals surface area contributed by atoms with Gasteiger partial charge in [0.1, 0.15) is 6.04 Å². The van der Waals surface area contributed by atoms with Crippen molar-refractivity contribution >= 4 is 23.6 Å². The van der Waals surface area contributed by atoms with Crippen LogP contribution in [0.3, 0.4) is 0 Å². The molecule has 0 aliphatic carbocycles. The van der Waals surface area contributed by atoms with Gasteiger partial charge >= 0.3 is 5.97 Å². The van der Waals surface area contributed by atoms with E-state index in [9.17, 15) is 9.59 Å². The molecule has 1 unspecified atom stereocenters. The summed E-state index contributed by atoms with van der Waals surface area (Å²) >= 11 is 1.25. The molecule has 0 bridgehead atoms. The Kier molecular flexibility index (Phi) is 5.10. The lowest BCUT2D eigenvalue weighted by Gasteiger charge is -2.30. The van der Waals surface area contributed by atoms with Crippen molar-refractivity contribution in [2.75, 3.05) is 7.05 Å². The number of carbonyl (C=O) groups is 2. The standard InChI is InChI=1S/C9H18N2O3S/c1-5(7(12)11-4)15-9(2,3)6(10)8(13)14/h5-6H,10H2,1-4H3,(H,11,12)(H,13,14)/t5?,6-/m0/s1. The number of amides is 1. The monoisotopic (exact) mass is 234 g/mol. The number of rotatable bonds is 5. The number of nitrogens with two attached hydrogens (primary N) is 1. The largest absolute Gasteiger partial charge is 0.480 e. The molecule has 5 nitrogen and oxygen atoms in total. The van der Waals surface area contributed by atoms with Gasteiger partial charge in [0.25, 0.3) is 0 Å². The summed E-state index contributed by atoms with van der Waals surface area (Å²) in [6.07, 6.45) is 0. The van der Waals surface area contributed by atoms with Gasteiger partial charge in [0, 0.05) is 11.8 Å². The van der Waals surface area contributed by atoms with E-state index in [4.69, 9.17) is 10.8 Å². The molecule has 0 aromatic rings. The van der Waals surface area contributed by atoms with Crippen LogP contribution in [0.15, 0.2) is 0 Å². The molecule has 0 spiro atoms. The topological polar surface area (TPSA) is 92.4 Å². The molecule has 0 aromatic carbocycles. The maximum atomic E-state index is 11.3. The second kappa shape index (κ2) is 5.37. The van der Waals surface area contributed by atoms with Gasteiger partial charge in [-0.2, -0.15) is 0 Å². The summed E-state index contributed by atoms with van der Waals surface area (Å²) in [7, 11) is 1.55. The van der Waals surface area contributed by atoms with Gasteiger partial charge in [0.15, 0.2) is 0 Å². The zero-order chi connectivity index (χ0) is 12.2. The van der Waals surface area contributed by atoms with E-state index < -0.39 is 16.8 Å². The summed E-state index contributed by atoms with van der Waals surface area (Å²) in [5, 5.41) is 11.0. The van der Waals surface area contributed by atoms with Crippen molar-refractivity contribution in [3.05, 3.63) is 0 Å². The first kappa shape index (κ1) is 14.2. The Bertz CT molecular complexity index is 256. The Morgan fingerprint density at radius 2 is 1.93 bits per heavy atom. The number of carboxylic acids is 1. The lowest BCUT2D eigenvalue weighted by atomic mass is 10.1. The number of hydrogen-bond donors (Lipinski definition) is 3. The van der Waals surface area contributed by atoms with Gasteiger partial charge in [-0.15, -0.1) is 11.8 Å². The van der Waals surface area contributed by atoms with Crippen LogP contribution in [0.5, 0.6) is 0 Å². The second-order valence-electron chi connectivity index (χ2n) is 3.79. The van der Waals surface area contributed by atoms with Crippen molar-refractivity contribution < 1.29 is 14.7 Å². The lowest BCUT2D eigenvalue weighted by molar-refractivity contribution is -0.139. The smallest absolute Gasteiger partial charge is 0.321 e. The van der Waals surface area contributed by atoms with Crippen molar-refractivity contribution in [1.82, 2.24) is 5.32 Å². The van der Waals surface area contributed by atoms with Gasteiger partial charge in [-0.1, -0.05) is 0 Å². The van der Waals surface area contributed by atoms with Crippen LogP contribution in [-0.2, 0) is 9.59 Å². The fourth-order valence-corrected chi connectivity index (χ4v) is 2.47. The summed E-state index contributed by atoms with van der Waals surface area (Å²) in [5.41, 5.74) is 5.53. The fourth-order valence-electron chi connectivity index (χ4n) is 1.08. The fraction of sp³-hybridized carbons (Fsp3) is 0.778. The zero-order valence-electron chi connectivity index (χ0n) is 9.40. The molecule has 4 N–H and O–H groups in total. The maximum absolute atomic E-state index is 11.3. The second-order valence-corrected chi connectivity index (χ2v) is 5.79. The molecular weight excluding hydrogens is 216 g/mol. The zero-order valence-corrected chi connectivity index (χ0v) is 10.2. The number of nitrogens with one attached hydrogen (secondary N) is 1. The van der Waals surface area contributed by atoms with Crippen LogP contribution < -0.4 is 11.1 Å². The molecule has 0 aliphatic rings. The third kappa shape index (κ3) is 4.09. The van der Waals surface area contributed by atoms with Crippen LogP contribution in [0.2, 0.25) is 0 Å². The minimum Gasteiger partial charge on any atom is -0.480 e. The van der Waals surface area contributed by atoms with Gasteiger partial charge in [0.2, 0.25) is 5.91 Å². The molecule has 1 amide bonds. The van der Waals surface area contributed by atoms with Gasteiger partial charge in [0.05, 0.1) is 5.25 Å². The molecule has 0 aromatic heterocycles. The molecule has 0 rings (SSSR count). The molecule has 0 radical (unpaired) electrons. The third-order valence-electron chi connectivity index (χ3n) is 2.11. The molecule has 0 heterocycles. The molecule has 0 aliphatic heterocycles. The molecule has 88 valence electrons. The van der Waals surface area contributed by atoms with E-state index in [0.717, 1.165) is 0 Å². The summed E-state index contributed by atoms with van der Waals surface area (Å²) in [6.45, 7) is 5.16. The van der Waals surface area contributed by atoms with Crippen LogP contribution in [0.4, 0.5) is 0 Å². The Morgan fingerprint density at radius 3 is 2.27 bits per heavy atom. The van der Waals surface area contributed by atoms with E-state index in [2.05, 4.69) is 5.32 Å². The SMILES string of the molecule is CNC(=O)C(C)SC(C)(C)[C@@H](N)C(=O)O. The van der Waals surface area contributed by atoms with Crippen LogP contribution in [0, 0.1) is 0 Å². The van der Waals surface area contributed by atoms with Crippen molar-refractivity contribution in [2.24, 2.45) is 5.73 Å². The van der Waals surface area contributed by atoms with E-state index in [1.165, 1.54) is 11.8 Å². The van der Waals surface area contributed by atoms with Gasteiger partial charge in [-0.05, 0) is 20.8 Å². The van der Waals surface area contributed by atoms with Gasteiger partial charge < -0.3 is 16.2 Å². The van der Waals surface area contributed by atoms with Gasteiger partial charge in [-0.25, -0.2) is 0 Å². The average molecular weight is 234 g/mol. The summed E-state index contributed by atoms with van der Waals surface area (Å²) in [5.74, 6) is -1.19. The summed E-state index contributed by atoms with van der Waals surface area (Å²) in [4.78, 5) is 22.0. The Balaban J connectivity index is 4.49. The third-order valence-corrected chi connectivity index (χ3v) is 3.54. The predicted octanol–water partition coefficient (Wildman–Crippen LogP) is 0.0446. The number of hydrogen-bond acceptors (Lipinski definition) is 4. The van der Waals surface area contributed by atoms with E-state index in [1.54, 1.807) is 27.8 Å². The molecule has 0 saturated carbocycles. The quantitative estimate of drug-likeness (QED) is 0.625. The molecular formula is C9H18N2O3S. The minimum absolute atomic E-state index is 0.134. The van der Waals surface area contributed by atoms with E-state index in [-0.39, 0.29) is 11.2 Å². The number of aliphatic carboxylic acids is 1. The van der Waals surface area contributed by atoms with Crippen molar-refractivity contribution in [3.63, 3.8) is 0 Å². The Morgan fingerprint density at radius 1 is 1.47 bits per heavy atom. The first-order valence-corrected chi connectivity index (χ1v) is 5.48. The van der Waals surface area contributed by atoms with Crippen LogP contribution in [0.25, 0.3) is 0 Å². The van der Waals surface area contributed by atoms with Crippen LogP contribution in [-0.4, -0.2) is 40.1 Å². The Hall–Kier alpha value is -0.750. The van der Waals surface area contributed by atoms with Crippen LogP contribution in [0.1, 0.15) is 20.8 Å². The minimum atomic E-state index is -1.06. The van der Waals surface area contributed by atoms with Gasteiger partial charge in [-0.3, -0.25) is 9.59 Å². The number of thioether (sulfide) groups is 1. The summed E-state index contributed by atoms with van der Waals surface area (Å²) in [6, 6.07) is -0.991. The first-order chi connectivity index (χ1) is 6.72. The predicted molar refractivity (Wildman–Crippen MR) is 60.8 cm³/mol. The van der Waals surface area contributed by atoms with Crippen LogP contribution >= 0.6 is 11.8 Å². The van der Waals surface area contributed by atoms with E-state index in [1.807, 2.05) is 0 Å². The average Bonchev–Trinajstić information content (AvgIpc) is 2.14. The normalized spacial score (nSPS) is 15.5. The number of carbonyl (C=O) groups excluding carboxylic acids is 1. The molecule has 0 saturated heterocycles. The van der Waals surface area contributed by atoms with Crippen molar-refractivity contribution in [3.8, 4) is 0 Å². The highest BCUT2D eigenvalue weighted by molar-refractivity contribution is 8.02. The maximum Gasteiger partial charge on any atom is 0.321 e. The van der Waals surface area contributed by atoms with Crippen molar-refractivity contribution in [2.45, 2.75) is 36.8 Å². The highest BCUT2D eigenvalue weighted by Crippen LogP contribution is 2.31. The molecule has 15 heavy (non-hydrogen) atoms. The Labute approximate surface area is 93.8 Å². The van der Waals surface area contributed by atoms with Crippen molar-refractivity contribution in [1.29, 1.82) is 0 Å². The first-order valence-electron chi connectivity index (χ1n) is 4.60. The molecule has 0 fully saturated rings. The van der Waals surface area contributed by atoms with E-state index >= 15 is 0 Å². The highest BCUT2D eigenvalue weighted by Gasteiger charge is 2.35. The summed E-state index contributed by atoms with van der Waals surface area (Å²) < 4.78 is -0.683. The van der Waals surface area contributed by atoms with E-state index in [0.29, 0.717) is 0 Å².